The zero-order valence-corrected chi connectivity index (χ0v) is 17.7. The van der Waals surface area contributed by atoms with Crippen molar-refractivity contribution in [1.82, 2.24) is 15.5 Å². The molecular weight excluding hydrogens is 352 g/mol. The van der Waals surface area contributed by atoms with E-state index in [-0.39, 0.29) is 0 Å². The Balaban J connectivity index is 1.58. The summed E-state index contributed by atoms with van der Waals surface area (Å²) >= 11 is 0. The van der Waals surface area contributed by atoms with Gasteiger partial charge in [0.1, 0.15) is 0 Å². The third-order valence-electron chi connectivity index (χ3n) is 4.87. The van der Waals surface area contributed by atoms with E-state index < -0.39 is 0 Å². The number of nitrogens with zero attached hydrogens (tertiary/aromatic N) is 2. The molecule has 6 heteroatoms. The van der Waals surface area contributed by atoms with E-state index in [0.717, 1.165) is 45.2 Å². The van der Waals surface area contributed by atoms with Gasteiger partial charge < -0.3 is 20.1 Å². The molecule has 1 fully saturated rings. The van der Waals surface area contributed by atoms with E-state index in [9.17, 15) is 0 Å². The number of aliphatic imine (C=N–C) groups is 1. The van der Waals surface area contributed by atoms with Gasteiger partial charge in [-0.15, -0.1) is 0 Å². The Hall–Kier alpha value is -1.63. The van der Waals surface area contributed by atoms with Crippen LogP contribution >= 0.6 is 0 Å². The van der Waals surface area contributed by atoms with Gasteiger partial charge in [-0.25, -0.2) is 0 Å². The number of guanidine groups is 1. The molecule has 2 N–H and O–H groups in total. The molecule has 0 bridgehead atoms. The van der Waals surface area contributed by atoms with Gasteiger partial charge in [-0.3, -0.25) is 9.89 Å². The summed E-state index contributed by atoms with van der Waals surface area (Å²) in [6.07, 6.45) is 4.68. The third kappa shape index (κ3) is 9.53. The van der Waals surface area contributed by atoms with Crippen LogP contribution in [-0.2, 0) is 16.0 Å². The molecule has 0 saturated carbocycles. The fraction of sp³-hybridized carbons (Fsp3) is 0.682. The first-order valence-corrected chi connectivity index (χ1v) is 10.7. The maximum atomic E-state index is 5.60. The minimum Gasteiger partial charge on any atom is -0.379 e. The molecule has 2 rings (SSSR count). The number of nitrogens with one attached hydrogen (secondary N) is 2. The largest absolute Gasteiger partial charge is 0.379 e. The van der Waals surface area contributed by atoms with Crippen LogP contribution in [0.1, 0.15) is 38.2 Å². The van der Waals surface area contributed by atoms with Crippen molar-refractivity contribution in [3.63, 3.8) is 0 Å². The van der Waals surface area contributed by atoms with Gasteiger partial charge in [-0.1, -0.05) is 43.7 Å². The number of piperidine rings is 1. The number of rotatable bonds is 12. The molecule has 0 spiro atoms. The van der Waals surface area contributed by atoms with Crippen LogP contribution in [0.15, 0.2) is 35.3 Å². The van der Waals surface area contributed by atoms with Gasteiger partial charge in [-0.2, -0.15) is 0 Å². The highest BCUT2D eigenvalue weighted by Crippen LogP contribution is 2.13. The van der Waals surface area contributed by atoms with Gasteiger partial charge in [0, 0.05) is 39.3 Å². The zero-order valence-electron chi connectivity index (χ0n) is 17.7. The summed E-state index contributed by atoms with van der Waals surface area (Å²) < 4.78 is 11.1. The molecule has 1 unspecified atom stereocenters. The summed E-state index contributed by atoms with van der Waals surface area (Å²) in [4.78, 5) is 6.87. The van der Waals surface area contributed by atoms with E-state index >= 15 is 0 Å². The molecule has 28 heavy (non-hydrogen) atoms. The third-order valence-corrected chi connectivity index (χ3v) is 4.87. The summed E-state index contributed by atoms with van der Waals surface area (Å²) in [5.41, 5.74) is 1.38. The first-order chi connectivity index (χ1) is 13.8. The molecule has 6 nitrogen and oxygen atoms in total. The van der Waals surface area contributed by atoms with E-state index in [4.69, 9.17) is 9.47 Å². The van der Waals surface area contributed by atoms with Crippen LogP contribution in [0, 0.1) is 0 Å². The van der Waals surface area contributed by atoms with Crippen LogP contribution in [0.5, 0.6) is 0 Å². The second-order valence-electron chi connectivity index (χ2n) is 7.28. The summed E-state index contributed by atoms with van der Waals surface area (Å²) in [6.45, 7) is 8.93. The van der Waals surface area contributed by atoms with Crippen LogP contribution < -0.4 is 10.6 Å². The lowest BCUT2D eigenvalue weighted by molar-refractivity contribution is 0.0487. The van der Waals surface area contributed by atoms with E-state index in [1.54, 1.807) is 0 Å². The van der Waals surface area contributed by atoms with Crippen molar-refractivity contribution < 1.29 is 9.47 Å². The maximum absolute atomic E-state index is 5.60. The lowest BCUT2D eigenvalue weighted by Crippen LogP contribution is -2.51. The first-order valence-electron chi connectivity index (χ1n) is 10.7. The van der Waals surface area contributed by atoms with E-state index in [0.29, 0.717) is 25.9 Å². The van der Waals surface area contributed by atoms with E-state index in [1.807, 2.05) is 7.05 Å². The molecule has 1 heterocycles. The second-order valence-corrected chi connectivity index (χ2v) is 7.28. The first kappa shape index (κ1) is 22.7. The van der Waals surface area contributed by atoms with Crippen molar-refractivity contribution in [2.24, 2.45) is 4.99 Å². The molecule has 0 aliphatic carbocycles. The number of hydrogen-bond donors (Lipinski definition) is 2. The average Bonchev–Trinajstić information content (AvgIpc) is 2.72. The normalized spacial score (nSPS) is 18.2. The fourth-order valence-corrected chi connectivity index (χ4v) is 3.36. The predicted octanol–water partition coefficient (Wildman–Crippen LogP) is 2.65. The highest BCUT2D eigenvalue weighted by atomic mass is 16.5. The lowest BCUT2D eigenvalue weighted by atomic mass is 10.0. The van der Waals surface area contributed by atoms with Crippen LogP contribution in [0.4, 0.5) is 0 Å². The molecule has 1 aromatic rings. The highest BCUT2D eigenvalue weighted by molar-refractivity contribution is 5.79. The molecule has 1 saturated heterocycles. The number of likely N-dealkylation sites (tertiary alicyclic amines) is 1. The van der Waals surface area contributed by atoms with Gasteiger partial charge in [0.25, 0.3) is 0 Å². The summed E-state index contributed by atoms with van der Waals surface area (Å²) in [6, 6.07) is 11.1. The summed E-state index contributed by atoms with van der Waals surface area (Å²) in [5.74, 6) is 0.856. The number of ether oxygens (including phenoxy) is 2. The van der Waals surface area contributed by atoms with Gasteiger partial charge in [0.15, 0.2) is 5.96 Å². The molecule has 0 radical (unpaired) electrons. The second kappa shape index (κ2) is 14.4. The van der Waals surface area contributed by atoms with Crippen molar-refractivity contribution >= 4 is 5.96 Å². The molecule has 1 aliphatic rings. The Bertz CT molecular complexity index is 539. The molecular formula is C22H38N4O2. The van der Waals surface area contributed by atoms with E-state index in [1.165, 1.54) is 24.8 Å². The fourth-order valence-electron chi connectivity index (χ4n) is 3.36. The molecule has 0 aromatic heterocycles. The number of hydrogen-bond acceptors (Lipinski definition) is 4. The topological polar surface area (TPSA) is 58.1 Å². The SMILES string of the molecule is CCCCOCCOCCNC(=NC)NC1CCCN(Cc2ccccc2)C1. The Kier molecular flexibility index (Phi) is 11.6. The monoisotopic (exact) mass is 390 g/mol. The quantitative estimate of drug-likeness (QED) is 0.326. The predicted molar refractivity (Wildman–Crippen MR) is 116 cm³/mol. The molecule has 0 amide bonds. The van der Waals surface area contributed by atoms with Crippen LogP contribution in [0.25, 0.3) is 0 Å². The molecule has 1 atom stereocenters. The number of benzene rings is 1. The highest BCUT2D eigenvalue weighted by Gasteiger charge is 2.20. The minimum absolute atomic E-state index is 0.427. The Morgan fingerprint density at radius 3 is 2.68 bits per heavy atom. The van der Waals surface area contributed by atoms with E-state index in [2.05, 4.69) is 57.8 Å². The average molecular weight is 391 g/mol. The van der Waals surface area contributed by atoms with Gasteiger partial charge in [0.2, 0.25) is 0 Å². The smallest absolute Gasteiger partial charge is 0.191 e. The maximum Gasteiger partial charge on any atom is 0.191 e. The summed E-state index contributed by atoms with van der Waals surface area (Å²) in [5, 5.41) is 6.91. The lowest BCUT2D eigenvalue weighted by Gasteiger charge is -2.34. The Morgan fingerprint density at radius 1 is 1.14 bits per heavy atom. The Labute approximate surface area is 170 Å². The van der Waals surface area contributed by atoms with Gasteiger partial charge in [0.05, 0.1) is 19.8 Å². The Morgan fingerprint density at radius 2 is 1.93 bits per heavy atom. The van der Waals surface area contributed by atoms with Crippen molar-refractivity contribution in [2.75, 3.05) is 53.1 Å². The summed E-state index contributed by atoms with van der Waals surface area (Å²) in [7, 11) is 1.82. The van der Waals surface area contributed by atoms with Crippen molar-refractivity contribution in [3.8, 4) is 0 Å². The van der Waals surface area contributed by atoms with Crippen LogP contribution in [0.3, 0.4) is 0 Å². The van der Waals surface area contributed by atoms with Gasteiger partial charge >= 0.3 is 0 Å². The zero-order chi connectivity index (χ0) is 19.9. The molecule has 158 valence electrons. The van der Waals surface area contributed by atoms with Crippen LogP contribution in [-0.4, -0.2) is 70.0 Å². The van der Waals surface area contributed by atoms with Gasteiger partial charge in [-0.05, 0) is 31.4 Å². The minimum atomic E-state index is 0.427. The molecule has 1 aromatic carbocycles. The van der Waals surface area contributed by atoms with Crippen molar-refractivity contribution in [3.05, 3.63) is 35.9 Å². The van der Waals surface area contributed by atoms with Crippen LogP contribution in [0.2, 0.25) is 0 Å². The molecule has 1 aliphatic heterocycles. The standard InChI is InChI=1S/C22H38N4O2/c1-3-4-14-27-16-17-28-15-12-24-22(23-2)25-21-11-8-13-26(19-21)18-20-9-6-5-7-10-20/h5-7,9-10,21H,3-4,8,11-19H2,1-2H3,(H2,23,24,25). The number of unbranched alkanes of at least 4 members (excludes halogenated alkanes) is 1. The van der Waals surface area contributed by atoms with Crippen molar-refractivity contribution in [2.45, 2.75) is 45.2 Å². The van der Waals surface area contributed by atoms with Crippen molar-refractivity contribution in [1.29, 1.82) is 0 Å².